The topological polar surface area (TPSA) is 51.2 Å². The van der Waals surface area contributed by atoms with Gasteiger partial charge in [-0.05, 0) is 97.5 Å². The fraction of sp³-hybridized carbons (Fsp3) is 0.333. The molecular formula is C24H22ClFN2O2. The van der Waals surface area contributed by atoms with Crippen molar-refractivity contribution >= 4 is 34.3 Å². The molecule has 1 heterocycles. The summed E-state index contributed by atoms with van der Waals surface area (Å²) in [7, 11) is 0. The highest BCUT2D eigenvalue weighted by molar-refractivity contribution is 6.30. The monoisotopic (exact) mass is 424 g/mol. The molecule has 1 aromatic heterocycles. The first kappa shape index (κ1) is 19.3. The highest BCUT2D eigenvalue weighted by Gasteiger charge is 2.43. The third kappa shape index (κ3) is 3.86. The summed E-state index contributed by atoms with van der Waals surface area (Å²) in [5.74, 6) is 1.23. The molecule has 0 radical (unpaired) electrons. The summed E-state index contributed by atoms with van der Waals surface area (Å²) in [6, 6.07) is 13.8. The Morgan fingerprint density at radius 2 is 1.77 bits per heavy atom. The Morgan fingerprint density at radius 1 is 1.03 bits per heavy atom. The van der Waals surface area contributed by atoms with Crippen LogP contribution in [0.3, 0.4) is 0 Å². The van der Waals surface area contributed by atoms with Gasteiger partial charge in [-0.3, -0.25) is 10.3 Å². The number of hydrogen-bond donors (Lipinski definition) is 1. The number of fused-ring (bicyclic) bond motifs is 2. The van der Waals surface area contributed by atoms with E-state index in [0.29, 0.717) is 28.5 Å². The number of benzene rings is 2. The normalized spacial score (nSPS) is 25.3. The van der Waals surface area contributed by atoms with E-state index < -0.39 is 6.09 Å². The summed E-state index contributed by atoms with van der Waals surface area (Å²) in [4.78, 5) is 16.6. The van der Waals surface area contributed by atoms with Crippen molar-refractivity contribution in [2.75, 3.05) is 5.32 Å². The van der Waals surface area contributed by atoms with Crippen molar-refractivity contribution in [1.29, 1.82) is 0 Å². The summed E-state index contributed by atoms with van der Waals surface area (Å²) in [5, 5.41) is 4.30. The minimum Gasteiger partial charge on any atom is -0.446 e. The second kappa shape index (κ2) is 7.88. The molecule has 4 atom stereocenters. The number of nitrogens with one attached hydrogen (secondary N) is 1. The molecule has 154 valence electrons. The van der Waals surface area contributed by atoms with Crippen molar-refractivity contribution in [3.8, 4) is 0 Å². The van der Waals surface area contributed by atoms with Gasteiger partial charge in [-0.1, -0.05) is 11.6 Å². The van der Waals surface area contributed by atoms with Crippen molar-refractivity contribution in [2.24, 2.45) is 11.8 Å². The van der Waals surface area contributed by atoms with Gasteiger partial charge in [-0.2, -0.15) is 0 Å². The molecule has 4 nitrogen and oxygen atoms in total. The molecule has 2 aliphatic carbocycles. The van der Waals surface area contributed by atoms with Gasteiger partial charge in [0.2, 0.25) is 0 Å². The van der Waals surface area contributed by atoms with Crippen LogP contribution in [-0.4, -0.2) is 17.2 Å². The molecule has 6 heteroatoms. The molecule has 2 aromatic carbocycles. The summed E-state index contributed by atoms with van der Waals surface area (Å²) >= 11 is 5.87. The van der Waals surface area contributed by atoms with Crippen LogP contribution in [0.15, 0.2) is 54.7 Å². The van der Waals surface area contributed by atoms with Crippen LogP contribution in [0.2, 0.25) is 5.02 Å². The average Bonchev–Trinajstić information content (AvgIpc) is 3.27. The fourth-order valence-electron chi connectivity index (χ4n) is 5.24. The molecule has 30 heavy (non-hydrogen) atoms. The van der Waals surface area contributed by atoms with Crippen LogP contribution in [0.4, 0.5) is 14.9 Å². The van der Waals surface area contributed by atoms with Crippen molar-refractivity contribution in [1.82, 2.24) is 4.98 Å². The Hall–Kier alpha value is -2.66. The first-order chi connectivity index (χ1) is 14.5. The van der Waals surface area contributed by atoms with Crippen LogP contribution in [0, 0.1) is 17.7 Å². The SMILES string of the molecule is O=C(Nc1ccc(Cl)cc1)OC1C[C@@H]2CC(c3ccnc4ccc(F)cc34)C[C@@H]2C1. The second-order valence-electron chi connectivity index (χ2n) is 8.38. The minimum absolute atomic E-state index is 0.0557. The Bertz CT molecular complexity index is 1070. The number of rotatable bonds is 3. The largest absolute Gasteiger partial charge is 0.446 e. The van der Waals surface area contributed by atoms with Crippen molar-refractivity contribution in [3.63, 3.8) is 0 Å². The molecular weight excluding hydrogens is 403 g/mol. The lowest BCUT2D eigenvalue weighted by Crippen LogP contribution is -2.21. The van der Waals surface area contributed by atoms with E-state index in [-0.39, 0.29) is 11.9 Å². The molecule has 2 unspecified atom stereocenters. The van der Waals surface area contributed by atoms with E-state index in [9.17, 15) is 9.18 Å². The maximum atomic E-state index is 13.8. The predicted octanol–water partition coefficient (Wildman–Crippen LogP) is 6.55. The number of amides is 1. The Morgan fingerprint density at radius 3 is 2.50 bits per heavy atom. The van der Waals surface area contributed by atoms with Crippen LogP contribution in [0.5, 0.6) is 0 Å². The second-order valence-corrected chi connectivity index (χ2v) is 8.82. The number of carbonyl (C=O) groups is 1. The van der Waals surface area contributed by atoms with E-state index in [2.05, 4.69) is 10.3 Å². The van der Waals surface area contributed by atoms with E-state index in [1.54, 1.807) is 36.4 Å². The van der Waals surface area contributed by atoms with Gasteiger partial charge in [0.1, 0.15) is 11.9 Å². The number of nitrogens with zero attached hydrogens (tertiary/aromatic N) is 1. The van der Waals surface area contributed by atoms with Crippen LogP contribution in [0.1, 0.15) is 37.2 Å². The summed E-state index contributed by atoms with van der Waals surface area (Å²) < 4.78 is 19.5. The van der Waals surface area contributed by atoms with Gasteiger partial charge >= 0.3 is 6.09 Å². The van der Waals surface area contributed by atoms with E-state index in [1.807, 2.05) is 12.3 Å². The molecule has 1 amide bonds. The molecule has 0 saturated heterocycles. The van der Waals surface area contributed by atoms with Gasteiger partial charge in [-0.15, -0.1) is 0 Å². The van der Waals surface area contributed by atoms with E-state index in [1.165, 1.54) is 11.6 Å². The van der Waals surface area contributed by atoms with E-state index in [4.69, 9.17) is 16.3 Å². The Balaban J connectivity index is 1.21. The highest BCUT2D eigenvalue weighted by atomic mass is 35.5. The van der Waals surface area contributed by atoms with Gasteiger partial charge in [-0.25, -0.2) is 9.18 Å². The number of hydrogen-bond acceptors (Lipinski definition) is 3. The lowest BCUT2D eigenvalue weighted by atomic mass is 9.92. The van der Waals surface area contributed by atoms with Crippen LogP contribution < -0.4 is 5.32 Å². The molecule has 1 N–H and O–H groups in total. The quantitative estimate of drug-likeness (QED) is 0.518. The van der Waals surface area contributed by atoms with Gasteiger partial charge in [0, 0.05) is 22.3 Å². The molecule has 2 aliphatic rings. The molecule has 0 aliphatic heterocycles. The fourth-order valence-corrected chi connectivity index (χ4v) is 5.36. The molecule has 3 aromatic rings. The first-order valence-electron chi connectivity index (χ1n) is 10.3. The first-order valence-corrected chi connectivity index (χ1v) is 10.7. The molecule has 2 fully saturated rings. The maximum absolute atomic E-state index is 13.8. The van der Waals surface area contributed by atoms with Gasteiger partial charge < -0.3 is 4.74 Å². The van der Waals surface area contributed by atoms with E-state index >= 15 is 0 Å². The Labute approximate surface area is 179 Å². The molecule has 5 rings (SSSR count). The zero-order valence-electron chi connectivity index (χ0n) is 16.4. The number of anilines is 1. The number of ether oxygens (including phenoxy) is 1. The third-order valence-corrected chi connectivity index (χ3v) is 6.77. The predicted molar refractivity (Wildman–Crippen MR) is 115 cm³/mol. The lowest BCUT2D eigenvalue weighted by molar-refractivity contribution is 0.109. The van der Waals surface area contributed by atoms with Crippen LogP contribution >= 0.6 is 11.6 Å². The summed E-state index contributed by atoms with van der Waals surface area (Å²) in [5.41, 5.74) is 2.69. The standard InChI is InChI=1S/C24H22ClFN2O2/c25-17-1-4-19(5-2-17)28-24(29)30-20-11-14-9-16(10-15(14)12-20)21-7-8-27-23-6-3-18(26)13-22(21)23/h1-8,13-16,20H,9-12H2,(H,28,29)/t14-,15+,16?,20?. The Kier molecular flexibility index (Phi) is 5.07. The van der Waals surface area contributed by atoms with Crippen molar-refractivity contribution in [2.45, 2.75) is 37.7 Å². The number of halogens is 2. The van der Waals surface area contributed by atoms with Crippen LogP contribution in [-0.2, 0) is 4.74 Å². The zero-order valence-corrected chi connectivity index (χ0v) is 17.1. The summed E-state index contributed by atoms with van der Waals surface area (Å²) in [6.07, 6.45) is 5.18. The number of aromatic nitrogens is 1. The number of carbonyl (C=O) groups excluding carboxylic acids is 1. The average molecular weight is 425 g/mol. The molecule has 0 spiro atoms. The smallest absolute Gasteiger partial charge is 0.411 e. The maximum Gasteiger partial charge on any atom is 0.411 e. The minimum atomic E-state index is -0.422. The van der Waals surface area contributed by atoms with Gasteiger partial charge in [0.15, 0.2) is 0 Å². The van der Waals surface area contributed by atoms with Gasteiger partial charge in [0.05, 0.1) is 5.52 Å². The molecule has 2 saturated carbocycles. The van der Waals surface area contributed by atoms with Crippen molar-refractivity contribution < 1.29 is 13.9 Å². The lowest BCUT2D eigenvalue weighted by Gasteiger charge is -2.17. The van der Waals surface area contributed by atoms with Crippen LogP contribution in [0.25, 0.3) is 10.9 Å². The van der Waals surface area contributed by atoms with Crippen molar-refractivity contribution in [3.05, 3.63) is 71.1 Å². The third-order valence-electron chi connectivity index (χ3n) is 6.51. The molecule has 0 bridgehead atoms. The zero-order chi connectivity index (χ0) is 20.7. The van der Waals surface area contributed by atoms with E-state index in [0.717, 1.165) is 36.6 Å². The summed E-state index contributed by atoms with van der Waals surface area (Å²) in [6.45, 7) is 0. The number of pyridine rings is 1. The highest BCUT2D eigenvalue weighted by Crippen LogP contribution is 2.52. The van der Waals surface area contributed by atoms with Gasteiger partial charge in [0.25, 0.3) is 0 Å².